The first-order valence-electron chi connectivity index (χ1n) is 1.40. The SMILES string of the molecule is [11CH3-].[Cu+].[I-].[Li+].[Li+].[c-]1cccs1. The van der Waals surface area contributed by atoms with Crippen molar-refractivity contribution in [3.8, 4) is 0 Å². The van der Waals surface area contributed by atoms with Crippen LogP contribution in [0.3, 0.4) is 0 Å². The molecule has 1 aromatic heterocycles. The Labute approximate surface area is 119 Å². The fraction of sp³-hybridized carbons (Fsp3) is 0. The predicted molar refractivity (Wildman–Crippen MR) is 29.6 cm³/mol. The summed E-state index contributed by atoms with van der Waals surface area (Å²) >= 11 is 1.59. The van der Waals surface area contributed by atoms with Gasteiger partial charge in [-0.15, -0.1) is 5.38 Å². The minimum absolute atomic E-state index is 0. The Hall–Kier alpha value is 2.14. The van der Waals surface area contributed by atoms with Gasteiger partial charge in [0, 0.05) is 0 Å². The van der Waals surface area contributed by atoms with E-state index in [9.17, 15) is 0 Å². The first kappa shape index (κ1) is 29.6. The van der Waals surface area contributed by atoms with Crippen molar-refractivity contribution in [2.75, 3.05) is 0 Å². The van der Waals surface area contributed by atoms with Crippen LogP contribution in [0.25, 0.3) is 0 Å². The number of hydrogen-bond donors (Lipinski definition) is 0. The third-order valence-corrected chi connectivity index (χ3v) is 0.944. The van der Waals surface area contributed by atoms with E-state index in [0.717, 1.165) is 0 Å². The molecule has 0 aromatic carbocycles. The summed E-state index contributed by atoms with van der Waals surface area (Å²) in [4.78, 5) is 0. The van der Waals surface area contributed by atoms with Crippen LogP contribution in [-0.2, 0) is 17.1 Å². The van der Waals surface area contributed by atoms with Crippen molar-refractivity contribution < 1.29 is 78.8 Å². The van der Waals surface area contributed by atoms with Gasteiger partial charge in [0.15, 0.2) is 0 Å². The van der Waals surface area contributed by atoms with Gasteiger partial charge in [-0.1, -0.05) is 0 Å². The number of hydrogen-bond acceptors (Lipinski definition) is 1. The van der Waals surface area contributed by atoms with Crippen molar-refractivity contribution in [3.05, 3.63) is 30.3 Å². The molecule has 0 aliphatic carbocycles. The van der Waals surface area contributed by atoms with E-state index >= 15 is 0 Å². The largest absolute Gasteiger partial charge is 1.00 e. The molecule has 0 fully saturated rings. The average Bonchev–Trinajstić information content (AvgIpc) is 1.76. The molecule has 0 unspecified atom stereocenters. The topological polar surface area (TPSA) is 0 Å². The van der Waals surface area contributed by atoms with E-state index in [4.69, 9.17) is 0 Å². The third kappa shape index (κ3) is 16.6. The molecule has 1 heterocycles. The second-order valence-corrected chi connectivity index (χ2v) is 1.47. The summed E-state index contributed by atoms with van der Waals surface area (Å²) in [6.07, 6.45) is 0. The van der Waals surface area contributed by atoms with E-state index in [-0.39, 0.29) is 86.2 Å². The van der Waals surface area contributed by atoms with Crippen molar-refractivity contribution in [3.63, 3.8) is 0 Å². The Morgan fingerprint density at radius 2 is 1.70 bits per heavy atom. The van der Waals surface area contributed by atoms with Crippen LogP contribution >= 0.6 is 11.3 Å². The van der Waals surface area contributed by atoms with Gasteiger partial charge in [-0.2, -0.15) is 11.4 Å². The van der Waals surface area contributed by atoms with Gasteiger partial charge in [-0.05, 0) is 0 Å². The Morgan fingerprint density at radius 3 is 1.80 bits per heavy atom. The molecule has 0 radical (unpaired) electrons. The van der Waals surface area contributed by atoms with Crippen LogP contribution in [0.5, 0.6) is 0 Å². The zero-order valence-electron chi connectivity index (χ0n) is 6.32. The monoisotopic (exact) mass is 301 g/mol. The first-order chi connectivity index (χ1) is 2.50. The van der Waals surface area contributed by atoms with Crippen LogP contribution in [0.2, 0.25) is 0 Å². The van der Waals surface area contributed by atoms with Crippen LogP contribution in [0.15, 0.2) is 17.5 Å². The van der Waals surface area contributed by atoms with Crippen LogP contribution in [0.4, 0.5) is 0 Å². The zero-order valence-corrected chi connectivity index (χ0v) is 10.2. The molecule has 0 N–H and O–H groups in total. The van der Waals surface area contributed by atoms with E-state index in [1.165, 1.54) is 0 Å². The number of thiophene rings is 1. The molecule has 1 aromatic rings. The maximum atomic E-state index is 2.90. The molecule has 0 spiro atoms. The summed E-state index contributed by atoms with van der Waals surface area (Å²) in [5.74, 6) is 0. The molecular formula is C5H6CuILi2S. The minimum atomic E-state index is 0. The van der Waals surface area contributed by atoms with E-state index in [0.29, 0.717) is 0 Å². The molecule has 0 atom stereocenters. The second-order valence-electron chi connectivity index (χ2n) is 0.731. The number of halogens is 1. The first-order valence-corrected chi connectivity index (χ1v) is 2.27. The summed E-state index contributed by atoms with van der Waals surface area (Å²) in [7, 11) is 0. The van der Waals surface area contributed by atoms with Crippen molar-refractivity contribution in [2.45, 2.75) is 0 Å². The molecule has 0 amide bonds. The zero-order chi connectivity index (χ0) is 3.54. The van der Waals surface area contributed by atoms with Crippen molar-refractivity contribution in [1.82, 2.24) is 0 Å². The molecule has 52 valence electrons. The molecule has 1 rings (SSSR count). The molecular weight excluding hydrogens is 295 g/mol. The van der Waals surface area contributed by atoms with Crippen molar-refractivity contribution in [1.29, 1.82) is 0 Å². The Bertz CT molecular complexity index is 76.1. The quantitative estimate of drug-likeness (QED) is 0.254. The van der Waals surface area contributed by atoms with Crippen LogP contribution in [0.1, 0.15) is 0 Å². The molecule has 0 aliphatic rings. The Kier molecular flexibility index (Phi) is 66.4. The van der Waals surface area contributed by atoms with E-state index < -0.39 is 0 Å². The molecule has 5 heteroatoms. The molecule has 0 saturated heterocycles. The van der Waals surface area contributed by atoms with Gasteiger partial charge in [-0.3, -0.25) is 0 Å². The maximum Gasteiger partial charge on any atom is 1.00 e. The molecule has 0 saturated carbocycles. The van der Waals surface area contributed by atoms with Gasteiger partial charge >= 0.3 is 54.8 Å². The molecule has 0 aliphatic heterocycles. The maximum absolute atomic E-state index is 2.90. The van der Waals surface area contributed by atoms with E-state index in [2.05, 4.69) is 5.38 Å². The summed E-state index contributed by atoms with van der Waals surface area (Å²) in [6.45, 7) is 0. The number of rotatable bonds is 0. The van der Waals surface area contributed by atoms with Gasteiger partial charge < -0.3 is 42.7 Å². The van der Waals surface area contributed by atoms with E-state index in [1.54, 1.807) is 11.3 Å². The van der Waals surface area contributed by atoms with Crippen molar-refractivity contribution in [2.24, 2.45) is 0 Å². The summed E-state index contributed by atoms with van der Waals surface area (Å²) in [6, 6.07) is 3.86. The third-order valence-electron chi connectivity index (χ3n) is 0.379. The normalized spacial score (nSPS) is 4.00. The molecule has 10 heavy (non-hydrogen) atoms. The van der Waals surface area contributed by atoms with Crippen LogP contribution < -0.4 is 61.7 Å². The summed E-state index contributed by atoms with van der Waals surface area (Å²) in [5.41, 5.74) is 0. The van der Waals surface area contributed by atoms with Crippen LogP contribution in [0, 0.1) is 12.8 Å². The van der Waals surface area contributed by atoms with Crippen molar-refractivity contribution >= 4 is 11.3 Å². The predicted octanol–water partition coefficient (Wildman–Crippen LogP) is -6.99. The molecule has 0 nitrogen and oxygen atoms in total. The minimum Gasteiger partial charge on any atom is -1.00 e. The Morgan fingerprint density at radius 1 is 1.20 bits per heavy atom. The van der Waals surface area contributed by atoms with Gasteiger partial charge in [0.1, 0.15) is 0 Å². The van der Waals surface area contributed by atoms with Gasteiger partial charge in [0.2, 0.25) is 0 Å². The van der Waals surface area contributed by atoms with Gasteiger partial charge in [0.25, 0.3) is 0 Å². The smallest absolute Gasteiger partial charge is 1.00 e. The van der Waals surface area contributed by atoms with Gasteiger partial charge in [0.05, 0.1) is 0 Å². The molecule has 0 bridgehead atoms. The van der Waals surface area contributed by atoms with Gasteiger partial charge in [-0.25, -0.2) is 6.07 Å². The average molecular weight is 302 g/mol. The fourth-order valence-corrected chi connectivity index (χ4v) is 0.589. The standard InChI is InChI=1S/C4H3S.CH3.Cu.HI.2Li/c1-2-4-5-3-1;;;;;/h1-3H;1H3;;1H;;/q2*-1;+1;;2*+1/p-1/i;1-1;;;;. The van der Waals surface area contributed by atoms with Crippen LogP contribution in [-0.4, -0.2) is 0 Å². The van der Waals surface area contributed by atoms with E-state index in [1.807, 2.05) is 17.5 Å². The Balaban J connectivity index is -0.0000000167. The summed E-state index contributed by atoms with van der Waals surface area (Å²) < 4.78 is 0. The fourth-order valence-electron chi connectivity index (χ4n) is 0.196. The second kappa shape index (κ2) is 22.5. The summed E-state index contributed by atoms with van der Waals surface area (Å²) in [5, 5.41) is 4.89.